The van der Waals surface area contributed by atoms with Crippen molar-refractivity contribution in [3.63, 3.8) is 0 Å². The van der Waals surface area contributed by atoms with E-state index in [0.29, 0.717) is 19.3 Å². The summed E-state index contributed by atoms with van der Waals surface area (Å²) in [5, 5.41) is 87.0. The molecule has 0 radical (unpaired) electrons. The van der Waals surface area contributed by atoms with Crippen molar-refractivity contribution in [2.75, 3.05) is 0 Å². The number of fused-ring (bicyclic) bond motifs is 3. The molecule has 3 aliphatic rings. The fraction of sp³-hybridized carbons (Fsp3) is 0.388. The van der Waals surface area contributed by atoms with Gasteiger partial charge in [0, 0.05) is 0 Å². The molecule has 428 valence electrons. The predicted molar refractivity (Wildman–Crippen MR) is 307 cm³/mol. The average Bonchev–Trinajstić information content (AvgIpc) is 3.47. The van der Waals surface area contributed by atoms with Crippen LogP contribution in [0.4, 0.5) is 0 Å². The zero-order valence-corrected chi connectivity index (χ0v) is 47.4. The molecule has 9 N–H and O–H groups in total. The number of benzene rings is 6. The quantitative estimate of drug-likeness (QED) is 0.0459. The minimum Gasteiger partial charge on any atom is -0.508 e. The van der Waals surface area contributed by atoms with Crippen LogP contribution in [0.15, 0.2) is 127 Å². The minimum absolute atomic E-state index is 0.0347. The van der Waals surface area contributed by atoms with Gasteiger partial charge < -0.3 is 46.0 Å². The Balaban J connectivity index is 0.000000176. The lowest BCUT2D eigenvalue weighted by atomic mass is 9.58. The lowest BCUT2D eigenvalue weighted by molar-refractivity contribution is -0.166. The molecule has 0 aromatic heterocycles. The average molecular weight is 1110 g/mol. The number of hydrogen-bond donors (Lipinski definition) is 9. The largest absolute Gasteiger partial charge is 0.508 e. The topological polar surface area (TPSA) is 267 Å². The molecule has 81 heavy (non-hydrogen) atoms. The molecule has 0 saturated heterocycles. The Morgan fingerprint density at radius 1 is 0.444 bits per heavy atom. The van der Waals surface area contributed by atoms with Gasteiger partial charge in [-0.2, -0.15) is 0 Å². The molecule has 0 heterocycles. The van der Waals surface area contributed by atoms with Crippen LogP contribution in [0.5, 0.6) is 23.0 Å². The van der Waals surface area contributed by atoms with Gasteiger partial charge in [0.15, 0.2) is 10.8 Å². The molecule has 7 atom stereocenters. The fourth-order valence-electron chi connectivity index (χ4n) is 12.8. The smallest absolute Gasteiger partial charge is 0.320 e. The summed E-state index contributed by atoms with van der Waals surface area (Å²) in [4.78, 5) is 59.0. The van der Waals surface area contributed by atoms with Crippen LogP contribution in [0.25, 0.3) is 0 Å². The number of hydrogen-bond acceptors (Lipinski definition) is 9. The van der Waals surface area contributed by atoms with E-state index < -0.39 is 57.9 Å². The Morgan fingerprint density at radius 2 is 0.741 bits per heavy atom. The molecule has 14 nitrogen and oxygen atoms in total. The number of rotatable bonds is 14. The van der Waals surface area contributed by atoms with Gasteiger partial charge in [-0.05, 0) is 218 Å². The summed E-state index contributed by atoms with van der Waals surface area (Å²) in [5.74, 6) is -6.39. The van der Waals surface area contributed by atoms with Crippen molar-refractivity contribution in [3.05, 3.63) is 189 Å². The summed E-state index contributed by atoms with van der Waals surface area (Å²) in [6, 6.07) is 38.9. The van der Waals surface area contributed by atoms with E-state index in [1.807, 2.05) is 45.0 Å². The van der Waals surface area contributed by atoms with E-state index >= 15 is 0 Å². The molecule has 6 aromatic carbocycles. The van der Waals surface area contributed by atoms with Crippen molar-refractivity contribution in [2.24, 2.45) is 16.7 Å². The third-order valence-corrected chi connectivity index (χ3v) is 18.6. The molecule has 0 aliphatic heterocycles. The van der Waals surface area contributed by atoms with E-state index in [2.05, 4.69) is 50.2 Å². The lowest BCUT2D eigenvalue weighted by Crippen LogP contribution is -2.43. The second-order valence-corrected chi connectivity index (χ2v) is 24.1. The van der Waals surface area contributed by atoms with Crippen molar-refractivity contribution < 1.29 is 69.9 Å². The molecule has 0 fully saturated rings. The van der Waals surface area contributed by atoms with Crippen molar-refractivity contribution in [1.29, 1.82) is 0 Å². The van der Waals surface area contributed by atoms with Crippen LogP contribution in [-0.2, 0) is 59.5 Å². The summed E-state index contributed by atoms with van der Waals surface area (Å²) in [6.07, 6.45) is 5.28. The third kappa shape index (κ3) is 12.3. The van der Waals surface area contributed by atoms with E-state index in [-0.39, 0.29) is 58.5 Å². The standard InChI is InChI=1S/C24H28O4.C22H24O6.C21H24O4/c1-15-5-8-18(9-6-15)23(3)12-11-17-13-16(2)7-10-19(17)20(23)14-24(4,21(25)26)22(27)28;1-21(14-3-5-15(23)6-4-14)10-9-13-11-16(24)7-8-17(13)18(21)12-22(2,19(25)26)20(27)28;1-13(20(24)25)11-19-18-8-7-17(23)12-14(18)9-10-21(19,2)15-3-5-16(22)6-4-15/h5-10,13,20H,11-12,14H2,1-4H3,(H,25,26)(H,27,28);3-8,11,18,23-24H,9-10,12H2,1-2H3,(H,25,26)(H,27,28);3-8,12-13,19,22-23H,9-11H2,1-2H3,(H,24,25)/t20-,23-;18-,21-;13?,19-,21-/m111/s1. The maximum absolute atomic E-state index is 11.9. The van der Waals surface area contributed by atoms with Crippen molar-refractivity contribution in [1.82, 2.24) is 0 Å². The number of aliphatic carboxylic acids is 5. The molecule has 14 heteroatoms. The van der Waals surface area contributed by atoms with E-state index in [9.17, 15) is 69.9 Å². The zero-order valence-electron chi connectivity index (χ0n) is 47.4. The van der Waals surface area contributed by atoms with Crippen molar-refractivity contribution in [2.45, 2.75) is 147 Å². The number of carboxylic acid groups (broad SMARTS) is 5. The van der Waals surface area contributed by atoms with Gasteiger partial charge in [0.1, 0.15) is 23.0 Å². The molecular weight excluding hydrogens is 1030 g/mol. The monoisotopic (exact) mass is 1100 g/mol. The van der Waals surface area contributed by atoms with E-state index in [1.54, 1.807) is 73.7 Å². The van der Waals surface area contributed by atoms with Crippen LogP contribution >= 0.6 is 0 Å². The fourth-order valence-corrected chi connectivity index (χ4v) is 12.8. The number of carboxylic acids is 5. The molecule has 9 rings (SSSR count). The molecular formula is C67H76O14. The number of aromatic hydroxyl groups is 4. The van der Waals surface area contributed by atoms with Crippen molar-refractivity contribution >= 4 is 29.8 Å². The van der Waals surface area contributed by atoms with Crippen LogP contribution in [0.3, 0.4) is 0 Å². The maximum Gasteiger partial charge on any atom is 0.320 e. The van der Waals surface area contributed by atoms with E-state index in [1.165, 1.54) is 19.4 Å². The van der Waals surface area contributed by atoms with Gasteiger partial charge in [-0.1, -0.05) is 118 Å². The Labute approximate surface area is 473 Å². The van der Waals surface area contributed by atoms with Gasteiger partial charge in [-0.3, -0.25) is 24.0 Å². The highest BCUT2D eigenvalue weighted by Crippen LogP contribution is 2.55. The lowest BCUT2D eigenvalue weighted by Gasteiger charge is -2.45. The van der Waals surface area contributed by atoms with Crippen LogP contribution in [0, 0.1) is 30.6 Å². The van der Waals surface area contributed by atoms with E-state index in [4.69, 9.17) is 0 Å². The first-order valence-electron chi connectivity index (χ1n) is 27.5. The normalized spacial score (nSPS) is 22.3. The molecule has 0 spiro atoms. The summed E-state index contributed by atoms with van der Waals surface area (Å²) in [7, 11) is 0. The van der Waals surface area contributed by atoms with Gasteiger partial charge in [0.05, 0.1) is 5.92 Å². The predicted octanol–water partition coefficient (Wildman–Crippen LogP) is 12.7. The molecule has 0 amide bonds. The first kappa shape index (κ1) is 60.5. The van der Waals surface area contributed by atoms with Gasteiger partial charge in [0.25, 0.3) is 0 Å². The van der Waals surface area contributed by atoms with Gasteiger partial charge in [-0.15, -0.1) is 0 Å². The van der Waals surface area contributed by atoms with Crippen LogP contribution in [0.1, 0.15) is 159 Å². The Kier molecular flexibility index (Phi) is 17.6. The van der Waals surface area contributed by atoms with Gasteiger partial charge in [-0.25, -0.2) is 0 Å². The van der Waals surface area contributed by atoms with Gasteiger partial charge >= 0.3 is 29.8 Å². The Bertz CT molecular complexity index is 3130. The number of aryl methyl sites for hydroxylation is 5. The second kappa shape index (κ2) is 23.5. The van der Waals surface area contributed by atoms with Gasteiger partial charge in [0.2, 0.25) is 0 Å². The van der Waals surface area contributed by atoms with Crippen LogP contribution in [-0.4, -0.2) is 75.8 Å². The first-order chi connectivity index (χ1) is 38.0. The number of phenols is 4. The molecule has 0 saturated carbocycles. The zero-order chi connectivity index (χ0) is 59.6. The molecule has 0 bridgehead atoms. The molecule has 6 aromatic rings. The highest BCUT2D eigenvalue weighted by Gasteiger charge is 2.52. The SMILES string of the molecule is CC(C[C@@H]1c2ccc(O)cc2CC[C@]1(C)c1ccc(O)cc1)(C(=O)O)C(=O)O.CC(C[C@@H]1c2ccc(O)cc2CC[C@]1(C)c1ccc(O)cc1)C(=O)O.Cc1ccc([C@@]2(C)CCc3cc(C)ccc3[C@H]2CC(C)(C(=O)O)C(=O)O)cc1. The van der Waals surface area contributed by atoms with Crippen molar-refractivity contribution in [3.8, 4) is 23.0 Å². The Hall–Kier alpha value is -8.13. The highest BCUT2D eigenvalue weighted by atomic mass is 16.4. The Morgan fingerprint density at radius 3 is 1.10 bits per heavy atom. The first-order valence-corrected chi connectivity index (χ1v) is 27.5. The summed E-state index contributed by atoms with van der Waals surface area (Å²) >= 11 is 0. The van der Waals surface area contributed by atoms with E-state index in [0.717, 1.165) is 81.3 Å². The second-order valence-electron chi connectivity index (χ2n) is 24.1. The number of carbonyl (C=O) groups is 5. The highest BCUT2D eigenvalue weighted by molar-refractivity contribution is 5.98. The molecule has 1 unspecified atom stereocenters. The third-order valence-electron chi connectivity index (χ3n) is 18.6. The minimum atomic E-state index is -1.95. The summed E-state index contributed by atoms with van der Waals surface area (Å²) < 4.78 is 0. The maximum atomic E-state index is 11.9. The van der Waals surface area contributed by atoms with Crippen LogP contribution < -0.4 is 0 Å². The summed E-state index contributed by atoms with van der Waals surface area (Å²) in [5.41, 5.74) is 6.86. The summed E-state index contributed by atoms with van der Waals surface area (Å²) in [6.45, 7) is 14.7. The number of phenolic OH excluding ortho intramolecular Hbond substituents is 4. The van der Waals surface area contributed by atoms with Crippen LogP contribution in [0.2, 0.25) is 0 Å². The molecule has 3 aliphatic carbocycles.